The highest BCUT2D eigenvalue weighted by atomic mass is 32.2. The SMILES string of the molecule is C#CCNC(=O)CN1CCCN(C(=O)C(SCC)C(C)C)CC1. The Kier molecular flexibility index (Phi) is 9.12. The zero-order valence-corrected chi connectivity index (χ0v) is 15.3. The van der Waals surface area contributed by atoms with Crippen molar-refractivity contribution in [1.29, 1.82) is 0 Å². The molecule has 0 saturated carbocycles. The Labute approximate surface area is 144 Å². The molecule has 0 aromatic rings. The summed E-state index contributed by atoms with van der Waals surface area (Å²) in [6.07, 6.45) is 6.04. The van der Waals surface area contributed by atoms with E-state index >= 15 is 0 Å². The van der Waals surface area contributed by atoms with Crippen molar-refractivity contribution in [1.82, 2.24) is 15.1 Å². The number of carbonyl (C=O) groups is 2. The Morgan fingerprint density at radius 3 is 2.61 bits per heavy atom. The molecule has 1 rings (SSSR count). The maximum absolute atomic E-state index is 12.7. The van der Waals surface area contributed by atoms with E-state index in [1.807, 2.05) is 4.90 Å². The van der Waals surface area contributed by atoms with Crippen molar-refractivity contribution in [3.05, 3.63) is 0 Å². The van der Waals surface area contributed by atoms with Crippen LogP contribution >= 0.6 is 11.8 Å². The first-order valence-corrected chi connectivity index (χ1v) is 9.37. The molecule has 0 spiro atoms. The van der Waals surface area contributed by atoms with Gasteiger partial charge in [-0.15, -0.1) is 18.2 Å². The average molecular weight is 340 g/mol. The number of terminal acetylenes is 1. The summed E-state index contributed by atoms with van der Waals surface area (Å²) >= 11 is 1.73. The molecule has 0 aliphatic carbocycles. The quantitative estimate of drug-likeness (QED) is 0.705. The fourth-order valence-corrected chi connectivity index (χ4v) is 3.70. The average Bonchev–Trinajstić information content (AvgIpc) is 2.75. The minimum Gasteiger partial charge on any atom is -0.344 e. The van der Waals surface area contributed by atoms with E-state index in [2.05, 4.69) is 36.9 Å². The van der Waals surface area contributed by atoms with Crippen LogP contribution in [-0.2, 0) is 9.59 Å². The molecule has 0 aromatic heterocycles. The van der Waals surface area contributed by atoms with E-state index in [9.17, 15) is 9.59 Å². The monoisotopic (exact) mass is 339 g/mol. The molecule has 1 heterocycles. The van der Waals surface area contributed by atoms with Crippen molar-refractivity contribution < 1.29 is 9.59 Å². The zero-order chi connectivity index (χ0) is 17.2. The van der Waals surface area contributed by atoms with E-state index < -0.39 is 0 Å². The van der Waals surface area contributed by atoms with Crippen LogP contribution in [0.4, 0.5) is 0 Å². The first-order valence-electron chi connectivity index (χ1n) is 8.32. The number of amides is 2. The van der Waals surface area contributed by atoms with Crippen molar-refractivity contribution in [3.63, 3.8) is 0 Å². The molecule has 1 unspecified atom stereocenters. The van der Waals surface area contributed by atoms with Gasteiger partial charge in [0.15, 0.2) is 0 Å². The van der Waals surface area contributed by atoms with Crippen LogP contribution in [0.3, 0.4) is 0 Å². The molecular formula is C17H29N3O2S. The van der Waals surface area contributed by atoms with Crippen LogP contribution in [0.5, 0.6) is 0 Å². The largest absolute Gasteiger partial charge is 0.344 e. The summed E-state index contributed by atoms with van der Waals surface area (Å²) < 4.78 is 0. The van der Waals surface area contributed by atoms with Crippen LogP contribution in [0.1, 0.15) is 27.2 Å². The molecule has 1 N–H and O–H groups in total. The van der Waals surface area contributed by atoms with Gasteiger partial charge in [-0.1, -0.05) is 26.7 Å². The van der Waals surface area contributed by atoms with E-state index in [0.29, 0.717) is 19.0 Å². The fraction of sp³-hybridized carbons (Fsp3) is 0.765. The number of nitrogens with zero attached hydrogens (tertiary/aromatic N) is 2. The second kappa shape index (κ2) is 10.6. The van der Waals surface area contributed by atoms with Crippen LogP contribution in [0, 0.1) is 18.3 Å². The van der Waals surface area contributed by atoms with E-state index in [1.165, 1.54) is 0 Å². The van der Waals surface area contributed by atoms with Crippen LogP contribution in [-0.4, -0.2) is 71.9 Å². The molecule has 1 aliphatic heterocycles. The third-order valence-electron chi connectivity index (χ3n) is 3.85. The Balaban J connectivity index is 2.52. The lowest BCUT2D eigenvalue weighted by molar-refractivity contribution is -0.131. The first kappa shape index (κ1) is 19.9. The van der Waals surface area contributed by atoms with Gasteiger partial charge in [0.05, 0.1) is 18.3 Å². The Morgan fingerprint density at radius 2 is 2.00 bits per heavy atom. The van der Waals surface area contributed by atoms with Gasteiger partial charge in [-0.05, 0) is 18.1 Å². The van der Waals surface area contributed by atoms with Gasteiger partial charge in [0.2, 0.25) is 11.8 Å². The van der Waals surface area contributed by atoms with Gasteiger partial charge >= 0.3 is 0 Å². The molecule has 0 radical (unpaired) electrons. The number of hydrogen-bond acceptors (Lipinski definition) is 4. The smallest absolute Gasteiger partial charge is 0.235 e. The number of rotatable bonds is 7. The maximum Gasteiger partial charge on any atom is 0.235 e. The lowest BCUT2D eigenvalue weighted by Gasteiger charge is -2.28. The van der Waals surface area contributed by atoms with Crippen molar-refractivity contribution >= 4 is 23.6 Å². The number of thioether (sulfide) groups is 1. The molecule has 1 aliphatic rings. The van der Waals surface area contributed by atoms with Crippen molar-refractivity contribution in [2.24, 2.45) is 5.92 Å². The van der Waals surface area contributed by atoms with Gasteiger partial charge in [0, 0.05) is 26.2 Å². The number of nitrogens with one attached hydrogen (secondary N) is 1. The molecule has 0 aromatic carbocycles. The summed E-state index contributed by atoms with van der Waals surface area (Å²) in [5, 5.41) is 2.72. The summed E-state index contributed by atoms with van der Waals surface area (Å²) in [5.41, 5.74) is 0. The molecule has 5 nitrogen and oxygen atoms in total. The zero-order valence-electron chi connectivity index (χ0n) is 14.5. The molecule has 0 bridgehead atoms. The minimum absolute atomic E-state index is 0.0328. The van der Waals surface area contributed by atoms with Crippen molar-refractivity contribution in [2.75, 3.05) is 45.0 Å². The Morgan fingerprint density at radius 1 is 1.26 bits per heavy atom. The van der Waals surface area contributed by atoms with E-state index in [1.54, 1.807) is 11.8 Å². The molecule has 1 fully saturated rings. The highest BCUT2D eigenvalue weighted by molar-refractivity contribution is 8.00. The first-order chi connectivity index (χ1) is 11.0. The Hall–Kier alpha value is -1.19. The van der Waals surface area contributed by atoms with Gasteiger partial charge in [-0.3, -0.25) is 14.5 Å². The molecule has 1 atom stereocenters. The predicted octanol–water partition coefficient (Wildman–Crippen LogP) is 1.05. The molecular weight excluding hydrogens is 310 g/mol. The van der Waals surface area contributed by atoms with Gasteiger partial charge in [-0.2, -0.15) is 0 Å². The molecule has 23 heavy (non-hydrogen) atoms. The highest BCUT2D eigenvalue weighted by Crippen LogP contribution is 2.22. The van der Waals surface area contributed by atoms with Gasteiger partial charge in [0.1, 0.15) is 0 Å². The summed E-state index contributed by atoms with van der Waals surface area (Å²) in [6.45, 7) is 9.94. The highest BCUT2D eigenvalue weighted by Gasteiger charge is 2.28. The summed E-state index contributed by atoms with van der Waals surface area (Å²) in [7, 11) is 0. The topological polar surface area (TPSA) is 52.7 Å². The normalized spacial score (nSPS) is 17.4. The lowest BCUT2D eigenvalue weighted by Crippen LogP contribution is -2.43. The van der Waals surface area contributed by atoms with E-state index in [0.717, 1.165) is 31.8 Å². The van der Waals surface area contributed by atoms with E-state index in [-0.39, 0.29) is 23.6 Å². The molecule has 1 saturated heterocycles. The van der Waals surface area contributed by atoms with Crippen molar-refractivity contribution in [3.8, 4) is 12.3 Å². The molecule has 6 heteroatoms. The number of carbonyl (C=O) groups excluding carboxylic acids is 2. The van der Waals surface area contributed by atoms with E-state index in [4.69, 9.17) is 6.42 Å². The minimum atomic E-state index is -0.0516. The van der Waals surface area contributed by atoms with Gasteiger partial charge in [-0.25, -0.2) is 0 Å². The molecule has 130 valence electrons. The van der Waals surface area contributed by atoms with Crippen LogP contribution < -0.4 is 5.32 Å². The molecule has 2 amide bonds. The maximum atomic E-state index is 12.7. The summed E-state index contributed by atoms with van der Waals surface area (Å²) in [4.78, 5) is 28.5. The third-order valence-corrected chi connectivity index (χ3v) is 5.29. The van der Waals surface area contributed by atoms with Crippen LogP contribution in [0.15, 0.2) is 0 Å². The van der Waals surface area contributed by atoms with Gasteiger partial charge in [0.25, 0.3) is 0 Å². The van der Waals surface area contributed by atoms with Crippen LogP contribution in [0.2, 0.25) is 0 Å². The lowest BCUT2D eigenvalue weighted by atomic mass is 10.1. The van der Waals surface area contributed by atoms with Crippen molar-refractivity contribution in [2.45, 2.75) is 32.4 Å². The second-order valence-electron chi connectivity index (χ2n) is 6.06. The Bertz CT molecular complexity index is 434. The van der Waals surface area contributed by atoms with Crippen LogP contribution in [0.25, 0.3) is 0 Å². The summed E-state index contributed by atoms with van der Waals surface area (Å²) in [5.74, 6) is 3.87. The second-order valence-corrected chi connectivity index (χ2v) is 7.47. The summed E-state index contributed by atoms with van der Waals surface area (Å²) in [6, 6.07) is 0. The fourth-order valence-electron chi connectivity index (χ4n) is 2.67. The predicted molar refractivity (Wildman–Crippen MR) is 96.2 cm³/mol. The van der Waals surface area contributed by atoms with Gasteiger partial charge < -0.3 is 10.2 Å². The third kappa shape index (κ3) is 6.84. The number of hydrogen-bond donors (Lipinski definition) is 1. The standard InChI is InChI=1S/C17H29N3O2S/c1-5-8-18-15(21)13-19-9-7-10-20(12-11-19)17(22)16(14(3)4)23-6-2/h1,14,16H,6-13H2,2-4H3,(H,18,21).